The molecule has 0 N–H and O–H groups in total. The van der Waals surface area contributed by atoms with Crippen LogP contribution in [0.25, 0.3) is 0 Å². The number of carbonyl (C=O) groups excluding carboxylic acids is 2. The van der Waals surface area contributed by atoms with Crippen molar-refractivity contribution < 1.29 is 9.59 Å². The van der Waals surface area contributed by atoms with Crippen LogP contribution in [-0.4, -0.2) is 88.9 Å². The molecule has 2 aliphatic rings. The van der Waals surface area contributed by atoms with E-state index in [4.69, 9.17) is 0 Å². The molecule has 0 aromatic carbocycles. The molecular weight excluding hydrogens is 370 g/mol. The minimum atomic E-state index is -0.0836. The number of nitrogens with zero attached hydrogens (tertiary/aromatic N) is 7. The standard InChI is InChI=1S/C20H25N7O2/c1-16(28)24-6-10-26(11-7-24)19(29)17-14-22-20(23-15-17)27-12-8-25(9-13-27)18-4-2-3-5-21-18/h2-5,14-15H,6-13H2,1H3. The van der Waals surface area contributed by atoms with Gasteiger partial charge in [-0.25, -0.2) is 15.0 Å². The summed E-state index contributed by atoms with van der Waals surface area (Å²) in [6.45, 7) is 7.07. The second kappa shape index (κ2) is 8.42. The average Bonchev–Trinajstić information content (AvgIpc) is 2.79. The Balaban J connectivity index is 1.33. The van der Waals surface area contributed by atoms with Crippen LogP contribution in [0.5, 0.6) is 0 Å². The summed E-state index contributed by atoms with van der Waals surface area (Å²) in [4.78, 5) is 45.2. The van der Waals surface area contributed by atoms with Crippen molar-refractivity contribution in [1.29, 1.82) is 0 Å². The van der Waals surface area contributed by atoms with Crippen LogP contribution in [0.1, 0.15) is 17.3 Å². The molecule has 29 heavy (non-hydrogen) atoms. The van der Waals surface area contributed by atoms with E-state index in [1.54, 1.807) is 35.3 Å². The number of amides is 2. The Hall–Kier alpha value is -3.23. The number of pyridine rings is 1. The van der Waals surface area contributed by atoms with Crippen LogP contribution >= 0.6 is 0 Å². The maximum Gasteiger partial charge on any atom is 0.257 e. The Morgan fingerprint density at radius 3 is 2.00 bits per heavy atom. The Kier molecular flexibility index (Phi) is 5.55. The molecule has 152 valence electrons. The van der Waals surface area contributed by atoms with E-state index in [-0.39, 0.29) is 11.8 Å². The van der Waals surface area contributed by atoms with E-state index < -0.39 is 0 Å². The SMILES string of the molecule is CC(=O)N1CCN(C(=O)c2cnc(N3CCN(c4ccccn4)CC3)nc2)CC1. The van der Waals surface area contributed by atoms with Crippen molar-refractivity contribution in [2.75, 3.05) is 62.2 Å². The maximum absolute atomic E-state index is 12.7. The lowest BCUT2D eigenvalue weighted by Gasteiger charge is -2.35. The number of aromatic nitrogens is 3. The van der Waals surface area contributed by atoms with Gasteiger partial charge in [0.15, 0.2) is 0 Å². The quantitative estimate of drug-likeness (QED) is 0.748. The molecule has 2 amide bonds. The summed E-state index contributed by atoms with van der Waals surface area (Å²) >= 11 is 0. The lowest BCUT2D eigenvalue weighted by atomic mass is 10.2. The first-order valence-corrected chi connectivity index (χ1v) is 9.89. The van der Waals surface area contributed by atoms with Crippen molar-refractivity contribution in [2.45, 2.75) is 6.92 Å². The third-order valence-corrected chi connectivity index (χ3v) is 5.43. The monoisotopic (exact) mass is 395 g/mol. The molecule has 0 unspecified atom stereocenters. The van der Waals surface area contributed by atoms with Gasteiger partial charge in [0.25, 0.3) is 5.91 Å². The third kappa shape index (κ3) is 4.28. The molecule has 0 spiro atoms. The van der Waals surface area contributed by atoms with Crippen molar-refractivity contribution in [3.05, 3.63) is 42.4 Å². The van der Waals surface area contributed by atoms with Crippen molar-refractivity contribution >= 4 is 23.6 Å². The molecule has 4 heterocycles. The first-order valence-electron chi connectivity index (χ1n) is 9.89. The highest BCUT2D eigenvalue weighted by Gasteiger charge is 2.24. The molecule has 2 saturated heterocycles. The molecule has 0 atom stereocenters. The van der Waals surface area contributed by atoms with E-state index in [1.165, 1.54) is 0 Å². The van der Waals surface area contributed by atoms with Gasteiger partial charge in [0.2, 0.25) is 11.9 Å². The van der Waals surface area contributed by atoms with Gasteiger partial charge in [-0.05, 0) is 12.1 Å². The fourth-order valence-electron chi connectivity index (χ4n) is 3.68. The van der Waals surface area contributed by atoms with Crippen LogP contribution in [0.3, 0.4) is 0 Å². The van der Waals surface area contributed by atoms with Gasteiger partial charge in [0.05, 0.1) is 5.56 Å². The van der Waals surface area contributed by atoms with Gasteiger partial charge in [-0.2, -0.15) is 0 Å². The number of hydrogen-bond donors (Lipinski definition) is 0. The fraction of sp³-hybridized carbons (Fsp3) is 0.450. The van der Waals surface area contributed by atoms with Crippen LogP contribution in [0.4, 0.5) is 11.8 Å². The largest absolute Gasteiger partial charge is 0.353 e. The molecule has 2 fully saturated rings. The molecule has 2 aliphatic heterocycles. The Morgan fingerprint density at radius 2 is 1.41 bits per heavy atom. The van der Waals surface area contributed by atoms with Gasteiger partial charge in [-0.3, -0.25) is 9.59 Å². The lowest BCUT2D eigenvalue weighted by Crippen LogP contribution is -2.50. The topological polar surface area (TPSA) is 85.8 Å². The van der Waals surface area contributed by atoms with E-state index >= 15 is 0 Å². The lowest BCUT2D eigenvalue weighted by molar-refractivity contribution is -0.130. The highest BCUT2D eigenvalue weighted by molar-refractivity contribution is 5.94. The van der Waals surface area contributed by atoms with Crippen LogP contribution in [0.15, 0.2) is 36.8 Å². The van der Waals surface area contributed by atoms with Gasteiger partial charge in [-0.1, -0.05) is 6.07 Å². The molecule has 0 saturated carbocycles. The molecule has 4 rings (SSSR count). The molecule has 2 aromatic rings. The summed E-state index contributed by atoms with van der Waals surface area (Å²) in [7, 11) is 0. The van der Waals surface area contributed by atoms with Crippen molar-refractivity contribution in [2.24, 2.45) is 0 Å². The second-order valence-corrected chi connectivity index (χ2v) is 7.23. The molecule has 9 nitrogen and oxygen atoms in total. The zero-order chi connectivity index (χ0) is 20.2. The second-order valence-electron chi connectivity index (χ2n) is 7.23. The van der Waals surface area contributed by atoms with Crippen LogP contribution < -0.4 is 9.80 Å². The smallest absolute Gasteiger partial charge is 0.257 e. The first-order chi connectivity index (χ1) is 14.1. The van der Waals surface area contributed by atoms with Gasteiger partial charge >= 0.3 is 0 Å². The minimum absolute atomic E-state index is 0.0490. The number of hydrogen-bond acceptors (Lipinski definition) is 7. The van der Waals surface area contributed by atoms with E-state index in [9.17, 15) is 9.59 Å². The predicted octanol–water partition coefficient (Wildman–Crippen LogP) is 0.503. The van der Waals surface area contributed by atoms with Crippen molar-refractivity contribution in [3.8, 4) is 0 Å². The Labute approximate surface area is 170 Å². The minimum Gasteiger partial charge on any atom is -0.353 e. The van der Waals surface area contributed by atoms with Gasteiger partial charge in [0.1, 0.15) is 5.82 Å². The molecule has 0 bridgehead atoms. The molecule has 9 heteroatoms. The van der Waals surface area contributed by atoms with E-state index in [0.29, 0.717) is 37.7 Å². The van der Waals surface area contributed by atoms with E-state index in [0.717, 1.165) is 32.0 Å². The summed E-state index contributed by atoms with van der Waals surface area (Å²) in [5, 5.41) is 0. The number of anilines is 2. The van der Waals surface area contributed by atoms with E-state index in [2.05, 4.69) is 24.8 Å². The Bertz CT molecular complexity index is 843. The summed E-state index contributed by atoms with van der Waals surface area (Å²) in [6, 6.07) is 5.93. The molecule has 0 radical (unpaired) electrons. The maximum atomic E-state index is 12.7. The summed E-state index contributed by atoms with van der Waals surface area (Å²) in [5.41, 5.74) is 0.483. The zero-order valence-electron chi connectivity index (χ0n) is 16.6. The summed E-state index contributed by atoms with van der Waals surface area (Å²) in [5.74, 6) is 1.59. The third-order valence-electron chi connectivity index (χ3n) is 5.43. The molecular formula is C20H25N7O2. The summed E-state index contributed by atoms with van der Waals surface area (Å²) < 4.78 is 0. The number of carbonyl (C=O) groups is 2. The van der Waals surface area contributed by atoms with Gasteiger partial charge in [-0.15, -0.1) is 0 Å². The zero-order valence-corrected chi connectivity index (χ0v) is 16.6. The Morgan fingerprint density at radius 1 is 0.793 bits per heavy atom. The average molecular weight is 395 g/mol. The van der Waals surface area contributed by atoms with Crippen LogP contribution in [0, 0.1) is 0 Å². The highest BCUT2D eigenvalue weighted by Crippen LogP contribution is 2.16. The number of rotatable bonds is 3. The van der Waals surface area contributed by atoms with Gasteiger partial charge in [0, 0.05) is 77.9 Å². The van der Waals surface area contributed by atoms with Crippen LogP contribution in [0.2, 0.25) is 0 Å². The fourth-order valence-corrected chi connectivity index (χ4v) is 3.68. The highest BCUT2D eigenvalue weighted by atomic mass is 16.2. The van der Waals surface area contributed by atoms with Crippen molar-refractivity contribution in [1.82, 2.24) is 24.8 Å². The van der Waals surface area contributed by atoms with Crippen molar-refractivity contribution in [3.63, 3.8) is 0 Å². The number of piperazine rings is 2. The molecule has 0 aliphatic carbocycles. The van der Waals surface area contributed by atoms with Gasteiger partial charge < -0.3 is 19.6 Å². The normalized spacial score (nSPS) is 17.4. The molecule has 2 aromatic heterocycles. The van der Waals surface area contributed by atoms with Crippen LogP contribution in [-0.2, 0) is 4.79 Å². The summed E-state index contributed by atoms with van der Waals surface area (Å²) in [6.07, 6.45) is 5.01. The van der Waals surface area contributed by atoms with E-state index in [1.807, 2.05) is 18.2 Å². The predicted molar refractivity (Wildman–Crippen MR) is 109 cm³/mol. The first kappa shape index (κ1) is 19.1.